The molecule has 15 heavy (non-hydrogen) atoms. The Labute approximate surface area is 89.1 Å². The summed E-state index contributed by atoms with van der Waals surface area (Å²) in [6.45, 7) is 4.11. The number of nitrogens with zero attached hydrogens (tertiary/aromatic N) is 1. The molecule has 1 heterocycles. The molecule has 2 rings (SSSR count). The van der Waals surface area contributed by atoms with Crippen molar-refractivity contribution in [1.82, 2.24) is 9.97 Å². The van der Waals surface area contributed by atoms with Crippen LogP contribution in [0.1, 0.15) is 11.1 Å². The number of hydrogen-bond donors (Lipinski definition) is 1. The summed E-state index contributed by atoms with van der Waals surface area (Å²) in [5.41, 5.74) is 4.53. The number of ether oxygens (including phenoxy) is 1. The van der Waals surface area contributed by atoms with Crippen LogP contribution in [0.25, 0.3) is 11.3 Å². The molecule has 1 N–H and O–H groups in total. The summed E-state index contributed by atoms with van der Waals surface area (Å²) in [5.74, 6) is 0.927. The summed E-state index contributed by atoms with van der Waals surface area (Å²) >= 11 is 0. The predicted molar refractivity (Wildman–Crippen MR) is 60.0 cm³/mol. The number of aromatic amines is 1. The molecule has 0 atom stereocenters. The number of methoxy groups -OCH3 is 1. The fraction of sp³-hybridized carbons (Fsp3) is 0.250. The van der Waals surface area contributed by atoms with Gasteiger partial charge < -0.3 is 9.72 Å². The van der Waals surface area contributed by atoms with Crippen LogP contribution in [0.5, 0.6) is 5.75 Å². The lowest BCUT2D eigenvalue weighted by molar-refractivity contribution is 0.411. The van der Waals surface area contributed by atoms with Gasteiger partial charge in [-0.1, -0.05) is 0 Å². The van der Waals surface area contributed by atoms with Crippen molar-refractivity contribution in [2.24, 2.45) is 0 Å². The van der Waals surface area contributed by atoms with Gasteiger partial charge in [-0.05, 0) is 37.1 Å². The van der Waals surface area contributed by atoms with E-state index in [9.17, 15) is 0 Å². The molecule has 0 amide bonds. The first-order chi connectivity index (χ1) is 7.22. The van der Waals surface area contributed by atoms with Crippen LogP contribution >= 0.6 is 0 Å². The lowest BCUT2D eigenvalue weighted by Gasteiger charge is -2.09. The van der Waals surface area contributed by atoms with Crippen LogP contribution in [0.15, 0.2) is 24.7 Å². The Balaban J connectivity index is 2.55. The minimum atomic E-state index is 0.927. The summed E-state index contributed by atoms with van der Waals surface area (Å²) in [6.07, 6.45) is 3.52. The normalized spacial score (nSPS) is 10.3. The fourth-order valence-electron chi connectivity index (χ4n) is 1.70. The SMILES string of the molecule is COc1cc(C)c(-c2cnc[nH]2)cc1C. The van der Waals surface area contributed by atoms with E-state index in [1.54, 1.807) is 13.4 Å². The summed E-state index contributed by atoms with van der Waals surface area (Å²) in [5, 5.41) is 0. The smallest absolute Gasteiger partial charge is 0.122 e. The number of hydrogen-bond acceptors (Lipinski definition) is 2. The van der Waals surface area contributed by atoms with E-state index in [0.29, 0.717) is 0 Å². The third-order valence-electron chi connectivity index (χ3n) is 2.53. The van der Waals surface area contributed by atoms with Crippen LogP contribution in [0.3, 0.4) is 0 Å². The number of aryl methyl sites for hydroxylation is 2. The Kier molecular flexibility index (Phi) is 2.46. The molecule has 0 radical (unpaired) electrons. The zero-order chi connectivity index (χ0) is 10.8. The first-order valence-electron chi connectivity index (χ1n) is 4.86. The molecule has 78 valence electrons. The largest absolute Gasteiger partial charge is 0.496 e. The van der Waals surface area contributed by atoms with Gasteiger partial charge in [0.2, 0.25) is 0 Å². The topological polar surface area (TPSA) is 37.9 Å². The van der Waals surface area contributed by atoms with Gasteiger partial charge in [-0.3, -0.25) is 0 Å². The Morgan fingerprint density at radius 3 is 2.60 bits per heavy atom. The minimum Gasteiger partial charge on any atom is -0.496 e. The van der Waals surface area contributed by atoms with E-state index in [1.165, 1.54) is 11.1 Å². The molecule has 1 aromatic heterocycles. The van der Waals surface area contributed by atoms with Crippen molar-refractivity contribution in [3.05, 3.63) is 35.8 Å². The van der Waals surface area contributed by atoms with Gasteiger partial charge in [0.1, 0.15) is 5.75 Å². The zero-order valence-corrected chi connectivity index (χ0v) is 9.16. The van der Waals surface area contributed by atoms with Gasteiger partial charge in [0.25, 0.3) is 0 Å². The lowest BCUT2D eigenvalue weighted by atomic mass is 10.0. The molecule has 3 nitrogen and oxygen atoms in total. The van der Waals surface area contributed by atoms with E-state index in [-0.39, 0.29) is 0 Å². The van der Waals surface area contributed by atoms with Crippen molar-refractivity contribution < 1.29 is 4.74 Å². The monoisotopic (exact) mass is 202 g/mol. The van der Waals surface area contributed by atoms with Gasteiger partial charge in [-0.15, -0.1) is 0 Å². The van der Waals surface area contributed by atoms with Gasteiger partial charge >= 0.3 is 0 Å². The third-order valence-corrected chi connectivity index (χ3v) is 2.53. The zero-order valence-electron chi connectivity index (χ0n) is 9.16. The second-order valence-electron chi connectivity index (χ2n) is 3.60. The molecule has 0 unspecified atom stereocenters. The molecule has 0 bridgehead atoms. The van der Waals surface area contributed by atoms with E-state index in [1.807, 2.05) is 19.2 Å². The number of rotatable bonds is 2. The van der Waals surface area contributed by atoms with Crippen LogP contribution in [-0.2, 0) is 0 Å². The molecule has 0 spiro atoms. The first kappa shape index (κ1) is 9.77. The molecule has 0 fully saturated rings. The maximum absolute atomic E-state index is 5.27. The Bertz CT molecular complexity index is 461. The van der Waals surface area contributed by atoms with Gasteiger partial charge in [-0.2, -0.15) is 0 Å². The summed E-state index contributed by atoms with van der Waals surface area (Å²) in [4.78, 5) is 7.13. The average molecular weight is 202 g/mol. The molecule has 0 saturated heterocycles. The highest BCUT2D eigenvalue weighted by Gasteiger charge is 2.07. The van der Waals surface area contributed by atoms with Crippen molar-refractivity contribution in [3.63, 3.8) is 0 Å². The number of H-pyrrole nitrogens is 1. The van der Waals surface area contributed by atoms with Crippen molar-refractivity contribution >= 4 is 0 Å². The number of aromatic nitrogens is 2. The second kappa shape index (κ2) is 3.77. The lowest BCUT2D eigenvalue weighted by Crippen LogP contribution is -1.91. The standard InChI is InChI=1S/C12H14N2O/c1-8-5-12(15-3)9(2)4-10(8)11-6-13-7-14-11/h4-7H,1-3H3,(H,13,14). The Morgan fingerprint density at radius 1 is 1.20 bits per heavy atom. The minimum absolute atomic E-state index is 0.927. The van der Waals surface area contributed by atoms with Crippen LogP contribution in [0, 0.1) is 13.8 Å². The highest BCUT2D eigenvalue weighted by Crippen LogP contribution is 2.28. The molecular weight excluding hydrogens is 188 g/mol. The highest BCUT2D eigenvalue weighted by molar-refractivity contribution is 5.65. The third kappa shape index (κ3) is 1.73. The molecular formula is C12H14N2O. The average Bonchev–Trinajstić information content (AvgIpc) is 2.74. The second-order valence-corrected chi connectivity index (χ2v) is 3.60. The van der Waals surface area contributed by atoms with E-state index in [2.05, 4.69) is 23.0 Å². The van der Waals surface area contributed by atoms with Crippen LogP contribution in [0.4, 0.5) is 0 Å². The van der Waals surface area contributed by atoms with Gasteiger partial charge in [0, 0.05) is 5.56 Å². The van der Waals surface area contributed by atoms with Crippen molar-refractivity contribution in [2.45, 2.75) is 13.8 Å². The van der Waals surface area contributed by atoms with E-state index in [4.69, 9.17) is 4.74 Å². The maximum atomic E-state index is 5.27. The number of nitrogens with one attached hydrogen (secondary N) is 1. The Hall–Kier alpha value is -1.77. The fourth-order valence-corrected chi connectivity index (χ4v) is 1.70. The summed E-state index contributed by atoms with van der Waals surface area (Å²) in [7, 11) is 1.69. The molecule has 0 aliphatic carbocycles. The molecule has 0 aliphatic rings. The Morgan fingerprint density at radius 2 is 2.00 bits per heavy atom. The molecule has 0 saturated carbocycles. The van der Waals surface area contributed by atoms with Crippen molar-refractivity contribution in [3.8, 4) is 17.0 Å². The van der Waals surface area contributed by atoms with E-state index >= 15 is 0 Å². The van der Waals surface area contributed by atoms with E-state index in [0.717, 1.165) is 17.0 Å². The summed E-state index contributed by atoms with van der Waals surface area (Å²) < 4.78 is 5.27. The molecule has 1 aromatic carbocycles. The van der Waals surface area contributed by atoms with Crippen LogP contribution in [-0.4, -0.2) is 17.1 Å². The van der Waals surface area contributed by atoms with Crippen LogP contribution < -0.4 is 4.74 Å². The van der Waals surface area contributed by atoms with Gasteiger partial charge in [0.05, 0.1) is 25.3 Å². The quantitative estimate of drug-likeness (QED) is 0.813. The predicted octanol–water partition coefficient (Wildman–Crippen LogP) is 2.70. The highest BCUT2D eigenvalue weighted by atomic mass is 16.5. The molecule has 2 aromatic rings. The first-order valence-corrected chi connectivity index (χ1v) is 4.86. The molecule has 3 heteroatoms. The summed E-state index contributed by atoms with van der Waals surface area (Å²) in [6, 6.07) is 4.16. The maximum Gasteiger partial charge on any atom is 0.122 e. The van der Waals surface area contributed by atoms with Crippen molar-refractivity contribution in [2.75, 3.05) is 7.11 Å². The van der Waals surface area contributed by atoms with Crippen molar-refractivity contribution in [1.29, 1.82) is 0 Å². The van der Waals surface area contributed by atoms with Crippen LogP contribution in [0.2, 0.25) is 0 Å². The number of imidazole rings is 1. The molecule has 0 aliphatic heterocycles. The van der Waals surface area contributed by atoms with Gasteiger partial charge in [-0.25, -0.2) is 4.98 Å². The van der Waals surface area contributed by atoms with Gasteiger partial charge in [0.15, 0.2) is 0 Å². The number of benzene rings is 1. The van der Waals surface area contributed by atoms with E-state index < -0.39 is 0 Å².